The Labute approximate surface area is 180 Å². The molecule has 0 aliphatic heterocycles. The zero-order valence-electron chi connectivity index (χ0n) is 18.9. The third kappa shape index (κ3) is 10.8. The highest BCUT2D eigenvalue weighted by Crippen LogP contribution is 2.25. The lowest BCUT2D eigenvalue weighted by Gasteiger charge is -2.27. The molecule has 9 nitrogen and oxygen atoms in total. The van der Waals surface area contributed by atoms with Crippen molar-refractivity contribution in [3.05, 3.63) is 0 Å². The van der Waals surface area contributed by atoms with Crippen LogP contribution in [0.5, 0.6) is 0 Å². The Morgan fingerprint density at radius 3 is 2.40 bits per heavy atom. The number of nitrogens with one attached hydrogen (secondary N) is 1. The molecule has 0 bridgehead atoms. The normalized spacial score (nSPS) is 15.9. The average Bonchev–Trinajstić information content (AvgIpc) is 2.68. The highest BCUT2D eigenvalue weighted by atomic mass is 16.6. The summed E-state index contributed by atoms with van der Waals surface area (Å²) in [6.45, 7) is 7.98. The van der Waals surface area contributed by atoms with Gasteiger partial charge in [-0.05, 0) is 46.5 Å². The van der Waals surface area contributed by atoms with Crippen molar-refractivity contribution in [3.8, 4) is 0 Å². The van der Waals surface area contributed by atoms with Crippen LogP contribution in [0.2, 0.25) is 0 Å². The fraction of sp³-hybridized carbons (Fsp3) is 0.857. The van der Waals surface area contributed by atoms with Crippen LogP contribution in [-0.4, -0.2) is 74.0 Å². The van der Waals surface area contributed by atoms with Gasteiger partial charge in [0.25, 0.3) is 0 Å². The van der Waals surface area contributed by atoms with E-state index in [1.54, 1.807) is 27.7 Å². The summed E-state index contributed by atoms with van der Waals surface area (Å²) in [5.74, 6) is -0.402. The fourth-order valence-corrected chi connectivity index (χ4v) is 3.27. The van der Waals surface area contributed by atoms with Crippen LogP contribution in [0.15, 0.2) is 0 Å². The zero-order valence-corrected chi connectivity index (χ0v) is 18.9. The minimum atomic E-state index is -0.674. The van der Waals surface area contributed by atoms with Crippen LogP contribution in [0.25, 0.3) is 0 Å². The number of esters is 1. The largest absolute Gasteiger partial charge is 0.465 e. The third-order valence-corrected chi connectivity index (χ3v) is 4.79. The lowest BCUT2D eigenvalue weighted by atomic mass is 9.84. The topological polar surface area (TPSA) is 120 Å². The number of hydrogen-bond acceptors (Lipinski definition) is 7. The molecular formula is C21H39N3O6. The molecule has 1 saturated carbocycles. The molecule has 1 aliphatic carbocycles. The Bertz CT molecular complexity index is 543. The molecule has 30 heavy (non-hydrogen) atoms. The number of hydrogen-bond donors (Lipinski definition) is 2. The van der Waals surface area contributed by atoms with Crippen molar-refractivity contribution < 1.29 is 28.6 Å². The summed E-state index contributed by atoms with van der Waals surface area (Å²) in [7, 11) is 0. The van der Waals surface area contributed by atoms with Crippen molar-refractivity contribution in [2.45, 2.75) is 71.4 Å². The Balaban J connectivity index is 2.33. The maximum atomic E-state index is 12.3. The van der Waals surface area contributed by atoms with Crippen LogP contribution in [0.3, 0.4) is 0 Å². The number of nitrogens with zero attached hydrogens (tertiary/aromatic N) is 1. The molecule has 1 fully saturated rings. The van der Waals surface area contributed by atoms with E-state index in [-0.39, 0.29) is 44.7 Å². The van der Waals surface area contributed by atoms with Crippen molar-refractivity contribution in [1.29, 1.82) is 0 Å². The second-order valence-corrected chi connectivity index (χ2v) is 8.53. The second kappa shape index (κ2) is 13.4. The van der Waals surface area contributed by atoms with E-state index in [2.05, 4.69) is 5.32 Å². The first-order chi connectivity index (χ1) is 14.1. The van der Waals surface area contributed by atoms with Gasteiger partial charge < -0.3 is 25.3 Å². The van der Waals surface area contributed by atoms with Gasteiger partial charge in [0.05, 0.1) is 25.9 Å². The van der Waals surface area contributed by atoms with Gasteiger partial charge in [-0.3, -0.25) is 14.5 Å². The first-order valence-electron chi connectivity index (χ1n) is 10.9. The summed E-state index contributed by atoms with van der Waals surface area (Å²) >= 11 is 0. The standard InChI is InChI=1S/C21H39N3O6/c1-5-29-17(25)15-24(20(27)30-21(2,3)4)12-14-28-13-11-23-19(26)18(22)16-9-7-6-8-10-16/h16,18H,5-15,22H2,1-4H3,(H,23,26)/t18-/m1/s1. The Morgan fingerprint density at radius 1 is 1.13 bits per heavy atom. The maximum Gasteiger partial charge on any atom is 0.410 e. The molecule has 1 rings (SSSR count). The molecule has 9 heteroatoms. The molecule has 0 aromatic rings. The van der Waals surface area contributed by atoms with Gasteiger partial charge in [0.2, 0.25) is 5.91 Å². The second-order valence-electron chi connectivity index (χ2n) is 8.53. The predicted octanol–water partition coefficient (Wildman–Crippen LogP) is 1.83. The zero-order chi connectivity index (χ0) is 22.6. The molecule has 2 amide bonds. The van der Waals surface area contributed by atoms with Crippen molar-refractivity contribution >= 4 is 18.0 Å². The Hall–Kier alpha value is -1.87. The number of amides is 2. The number of ether oxygens (including phenoxy) is 3. The van der Waals surface area contributed by atoms with Crippen LogP contribution < -0.4 is 11.1 Å². The lowest BCUT2D eigenvalue weighted by Crippen LogP contribution is -2.47. The van der Waals surface area contributed by atoms with Gasteiger partial charge in [-0.1, -0.05) is 19.3 Å². The van der Waals surface area contributed by atoms with Gasteiger partial charge >= 0.3 is 12.1 Å². The van der Waals surface area contributed by atoms with Crippen LogP contribution in [0.1, 0.15) is 59.8 Å². The molecular weight excluding hydrogens is 390 g/mol. The van der Waals surface area contributed by atoms with E-state index >= 15 is 0 Å². The molecule has 0 saturated heterocycles. The van der Waals surface area contributed by atoms with Crippen LogP contribution in [0.4, 0.5) is 4.79 Å². The SMILES string of the molecule is CCOC(=O)CN(CCOCCNC(=O)[C@H](N)C1CCCCC1)C(=O)OC(C)(C)C. The minimum Gasteiger partial charge on any atom is -0.465 e. The summed E-state index contributed by atoms with van der Waals surface area (Å²) in [5, 5.41) is 2.80. The third-order valence-electron chi connectivity index (χ3n) is 4.79. The van der Waals surface area contributed by atoms with Crippen LogP contribution >= 0.6 is 0 Å². The van der Waals surface area contributed by atoms with Crippen molar-refractivity contribution in [2.24, 2.45) is 11.7 Å². The monoisotopic (exact) mass is 429 g/mol. The summed E-state index contributed by atoms with van der Waals surface area (Å²) in [6, 6.07) is -0.475. The number of carbonyl (C=O) groups excluding carboxylic acids is 3. The molecule has 0 radical (unpaired) electrons. The van der Waals surface area contributed by atoms with E-state index in [1.165, 1.54) is 11.3 Å². The highest BCUT2D eigenvalue weighted by molar-refractivity contribution is 5.81. The van der Waals surface area contributed by atoms with E-state index in [9.17, 15) is 14.4 Å². The van der Waals surface area contributed by atoms with Crippen LogP contribution in [-0.2, 0) is 23.8 Å². The van der Waals surface area contributed by atoms with Crippen LogP contribution in [0, 0.1) is 5.92 Å². The van der Waals surface area contributed by atoms with Gasteiger partial charge in [-0.15, -0.1) is 0 Å². The minimum absolute atomic E-state index is 0.150. The smallest absolute Gasteiger partial charge is 0.410 e. The molecule has 1 atom stereocenters. The predicted molar refractivity (Wildman–Crippen MR) is 113 cm³/mol. The summed E-state index contributed by atoms with van der Waals surface area (Å²) in [4.78, 5) is 37.5. The highest BCUT2D eigenvalue weighted by Gasteiger charge is 2.26. The van der Waals surface area contributed by atoms with Gasteiger partial charge in [0.15, 0.2) is 0 Å². The Morgan fingerprint density at radius 2 is 1.80 bits per heavy atom. The van der Waals surface area contributed by atoms with Crippen molar-refractivity contribution in [2.75, 3.05) is 39.5 Å². The van der Waals surface area contributed by atoms with Gasteiger partial charge in [-0.2, -0.15) is 0 Å². The Kier molecular flexibility index (Phi) is 11.7. The molecule has 0 heterocycles. The van der Waals surface area contributed by atoms with E-state index in [0.717, 1.165) is 25.7 Å². The summed E-state index contributed by atoms with van der Waals surface area (Å²) < 4.78 is 15.7. The molecule has 0 unspecified atom stereocenters. The molecule has 1 aliphatic rings. The first kappa shape index (κ1) is 26.2. The fourth-order valence-electron chi connectivity index (χ4n) is 3.27. The molecule has 0 spiro atoms. The number of nitrogens with two attached hydrogens (primary N) is 1. The molecule has 0 aromatic heterocycles. The lowest BCUT2D eigenvalue weighted by molar-refractivity contribution is -0.144. The van der Waals surface area contributed by atoms with Gasteiger partial charge in [0.1, 0.15) is 12.1 Å². The molecule has 0 aromatic carbocycles. The van der Waals surface area contributed by atoms with E-state index < -0.39 is 23.7 Å². The maximum absolute atomic E-state index is 12.3. The molecule has 174 valence electrons. The van der Waals surface area contributed by atoms with Crippen molar-refractivity contribution in [1.82, 2.24) is 10.2 Å². The van der Waals surface area contributed by atoms with Gasteiger partial charge in [0, 0.05) is 13.1 Å². The van der Waals surface area contributed by atoms with E-state index in [1.807, 2.05) is 0 Å². The average molecular weight is 430 g/mol. The van der Waals surface area contributed by atoms with E-state index in [0.29, 0.717) is 6.54 Å². The first-order valence-corrected chi connectivity index (χ1v) is 10.9. The number of rotatable bonds is 11. The van der Waals surface area contributed by atoms with Gasteiger partial charge in [-0.25, -0.2) is 4.79 Å². The molecule has 3 N–H and O–H groups in total. The quantitative estimate of drug-likeness (QED) is 0.380. The summed E-state index contributed by atoms with van der Waals surface area (Å²) in [6.07, 6.45) is 4.89. The summed E-state index contributed by atoms with van der Waals surface area (Å²) in [5.41, 5.74) is 5.40. The van der Waals surface area contributed by atoms with Crippen molar-refractivity contribution in [3.63, 3.8) is 0 Å². The van der Waals surface area contributed by atoms with E-state index in [4.69, 9.17) is 19.9 Å². The number of carbonyl (C=O) groups is 3.